The molecule has 0 aliphatic heterocycles. The largest absolute Gasteiger partial charge is 0.378 e. The lowest BCUT2D eigenvalue weighted by Crippen LogP contribution is -2.17. The Morgan fingerprint density at radius 1 is 0.419 bits per heavy atom. The average molecular weight is 436 g/mol. The Morgan fingerprint density at radius 2 is 0.774 bits per heavy atom. The first kappa shape index (κ1) is 30.5. The lowest BCUT2D eigenvalue weighted by atomic mass is 10.0. The minimum Gasteiger partial charge on any atom is -0.378 e. The fourth-order valence-electron chi connectivity index (χ4n) is 4.45. The number of nitrogens with zero attached hydrogens (tertiary/aromatic N) is 1. The second-order valence-electron chi connectivity index (χ2n) is 9.87. The molecule has 0 aromatic heterocycles. The molecule has 1 heteroatoms. The lowest BCUT2D eigenvalue weighted by Gasteiger charge is -2.17. The van der Waals surface area contributed by atoms with Gasteiger partial charge >= 0.3 is 0 Å². The van der Waals surface area contributed by atoms with Crippen LogP contribution in [0.1, 0.15) is 168 Å². The molecule has 0 amide bonds. The smallest absolute Gasteiger partial charge is 0.0172 e. The summed E-state index contributed by atoms with van der Waals surface area (Å²) in [5, 5.41) is 0. The molecule has 1 nitrogen and oxygen atoms in total. The molecule has 0 unspecified atom stereocenters. The van der Waals surface area contributed by atoms with E-state index < -0.39 is 0 Å². The van der Waals surface area contributed by atoms with Gasteiger partial charge in [-0.25, -0.2) is 0 Å². The highest BCUT2D eigenvalue weighted by molar-refractivity contribution is 4.81. The van der Waals surface area contributed by atoms with E-state index in [-0.39, 0.29) is 0 Å². The normalized spacial score (nSPS) is 11.6. The quantitative estimate of drug-likeness (QED) is 0.122. The van der Waals surface area contributed by atoms with Crippen LogP contribution >= 0.6 is 0 Å². The van der Waals surface area contributed by atoms with Crippen LogP contribution < -0.4 is 0 Å². The van der Waals surface area contributed by atoms with Crippen molar-refractivity contribution in [1.29, 1.82) is 0 Å². The van der Waals surface area contributed by atoms with Crippen molar-refractivity contribution in [2.45, 2.75) is 168 Å². The molecule has 0 saturated carbocycles. The monoisotopic (exact) mass is 435 g/mol. The van der Waals surface area contributed by atoms with Crippen LogP contribution in [0.15, 0.2) is 12.3 Å². The van der Waals surface area contributed by atoms with Crippen molar-refractivity contribution in [3.63, 3.8) is 0 Å². The van der Waals surface area contributed by atoms with Gasteiger partial charge in [0, 0.05) is 13.1 Å². The third-order valence-electron chi connectivity index (χ3n) is 6.75. The van der Waals surface area contributed by atoms with E-state index in [2.05, 4.69) is 37.9 Å². The average Bonchev–Trinajstić information content (AvgIpc) is 2.79. The lowest BCUT2D eigenvalue weighted by molar-refractivity contribution is 0.377. The number of hydrogen-bond donors (Lipinski definition) is 0. The molecular formula is C30H61N. The van der Waals surface area contributed by atoms with E-state index in [1.807, 2.05) is 0 Å². The predicted molar refractivity (Wildman–Crippen MR) is 144 cm³/mol. The fraction of sp³-hybridized carbons (Fsp3) is 0.933. The molecule has 0 radical (unpaired) electrons. The zero-order chi connectivity index (χ0) is 22.7. The van der Waals surface area contributed by atoms with Crippen molar-refractivity contribution in [1.82, 2.24) is 4.90 Å². The van der Waals surface area contributed by atoms with Gasteiger partial charge in [0.05, 0.1) is 0 Å². The molecule has 0 N–H and O–H groups in total. The van der Waals surface area contributed by atoms with E-state index in [0.29, 0.717) is 0 Å². The standard InChI is InChI=1S/C30H61N/c1-4-7-9-11-12-13-14-15-16-17-18-19-20-21-22-23-24-25-26-28-30-31(6-3)29-27-10-8-5-2/h27,29H,4-26,28,30H2,1-3H3. The molecule has 0 fully saturated rings. The van der Waals surface area contributed by atoms with E-state index in [4.69, 9.17) is 0 Å². The Labute approximate surface area is 198 Å². The number of unbranched alkanes of at least 4 members (excludes halogenated alkanes) is 21. The molecular weight excluding hydrogens is 374 g/mol. The Kier molecular flexibility index (Phi) is 27.2. The first-order chi connectivity index (χ1) is 15.3. The predicted octanol–water partition coefficient (Wildman–Crippen LogP) is 10.8. The summed E-state index contributed by atoms with van der Waals surface area (Å²) in [6.07, 6.45) is 37.8. The van der Waals surface area contributed by atoms with Crippen LogP contribution in [0.25, 0.3) is 0 Å². The summed E-state index contributed by atoms with van der Waals surface area (Å²) in [6.45, 7) is 9.25. The molecule has 0 aromatic rings. The summed E-state index contributed by atoms with van der Waals surface area (Å²) >= 11 is 0. The first-order valence-electron chi connectivity index (χ1n) is 14.8. The van der Waals surface area contributed by atoms with Crippen LogP contribution in [0.4, 0.5) is 0 Å². The third-order valence-corrected chi connectivity index (χ3v) is 6.75. The maximum atomic E-state index is 2.49. The molecule has 0 saturated heterocycles. The zero-order valence-electron chi connectivity index (χ0n) is 22.3. The summed E-state index contributed by atoms with van der Waals surface area (Å²) in [7, 11) is 0. The molecule has 0 bridgehead atoms. The Hall–Kier alpha value is -0.460. The van der Waals surface area contributed by atoms with E-state index in [1.165, 1.54) is 154 Å². The molecule has 186 valence electrons. The van der Waals surface area contributed by atoms with Crippen LogP contribution in [-0.2, 0) is 0 Å². The molecule has 0 aliphatic carbocycles. The van der Waals surface area contributed by atoms with E-state index in [9.17, 15) is 0 Å². The zero-order valence-corrected chi connectivity index (χ0v) is 22.3. The Balaban J connectivity index is 3.19. The van der Waals surface area contributed by atoms with Crippen LogP contribution in [-0.4, -0.2) is 18.0 Å². The summed E-state index contributed by atoms with van der Waals surface area (Å²) in [4.78, 5) is 2.49. The van der Waals surface area contributed by atoms with Crippen molar-refractivity contribution in [3.05, 3.63) is 12.3 Å². The van der Waals surface area contributed by atoms with Gasteiger partial charge in [-0.3, -0.25) is 0 Å². The highest BCUT2D eigenvalue weighted by Crippen LogP contribution is 2.15. The van der Waals surface area contributed by atoms with Gasteiger partial charge in [0.2, 0.25) is 0 Å². The van der Waals surface area contributed by atoms with Gasteiger partial charge in [-0.05, 0) is 26.0 Å². The maximum absolute atomic E-state index is 2.49. The minimum atomic E-state index is 1.15. The molecule has 0 aliphatic rings. The van der Waals surface area contributed by atoms with E-state index in [1.54, 1.807) is 0 Å². The van der Waals surface area contributed by atoms with Crippen molar-refractivity contribution in [2.75, 3.05) is 13.1 Å². The summed E-state index contributed by atoms with van der Waals surface area (Å²) < 4.78 is 0. The van der Waals surface area contributed by atoms with Gasteiger partial charge in [0.15, 0.2) is 0 Å². The van der Waals surface area contributed by atoms with Gasteiger partial charge in [0.1, 0.15) is 0 Å². The van der Waals surface area contributed by atoms with Gasteiger partial charge in [-0.2, -0.15) is 0 Å². The summed E-state index contributed by atoms with van der Waals surface area (Å²) in [5.74, 6) is 0. The van der Waals surface area contributed by atoms with Gasteiger partial charge in [0.25, 0.3) is 0 Å². The molecule has 0 atom stereocenters. The molecule has 0 heterocycles. The fourth-order valence-corrected chi connectivity index (χ4v) is 4.45. The van der Waals surface area contributed by atoms with Gasteiger partial charge in [-0.1, -0.05) is 155 Å². The van der Waals surface area contributed by atoms with E-state index >= 15 is 0 Å². The summed E-state index contributed by atoms with van der Waals surface area (Å²) in [6, 6.07) is 0. The minimum absolute atomic E-state index is 1.15. The Bertz CT molecular complexity index is 335. The topological polar surface area (TPSA) is 3.24 Å². The van der Waals surface area contributed by atoms with Crippen molar-refractivity contribution in [3.8, 4) is 0 Å². The SMILES string of the molecule is CCCCC=CN(CC)CCCCCCCCCCCCCCCCCCCCCC. The van der Waals surface area contributed by atoms with Crippen LogP contribution in [0.2, 0.25) is 0 Å². The number of rotatable bonds is 26. The third kappa shape index (κ3) is 25.7. The van der Waals surface area contributed by atoms with Gasteiger partial charge in [-0.15, -0.1) is 0 Å². The van der Waals surface area contributed by atoms with Crippen molar-refractivity contribution >= 4 is 0 Å². The van der Waals surface area contributed by atoms with E-state index in [0.717, 1.165) is 6.54 Å². The van der Waals surface area contributed by atoms with Crippen molar-refractivity contribution in [2.24, 2.45) is 0 Å². The second kappa shape index (κ2) is 27.6. The molecule has 0 aromatic carbocycles. The van der Waals surface area contributed by atoms with Crippen molar-refractivity contribution < 1.29 is 0 Å². The maximum Gasteiger partial charge on any atom is 0.0172 e. The summed E-state index contributed by atoms with van der Waals surface area (Å²) in [5.41, 5.74) is 0. The highest BCUT2D eigenvalue weighted by atomic mass is 15.1. The second-order valence-corrected chi connectivity index (χ2v) is 9.87. The van der Waals surface area contributed by atoms with Crippen LogP contribution in [0.3, 0.4) is 0 Å². The highest BCUT2D eigenvalue weighted by Gasteiger charge is 1.97. The van der Waals surface area contributed by atoms with Crippen LogP contribution in [0.5, 0.6) is 0 Å². The number of hydrogen-bond acceptors (Lipinski definition) is 1. The first-order valence-corrected chi connectivity index (χ1v) is 14.8. The Morgan fingerprint density at radius 3 is 1.13 bits per heavy atom. The van der Waals surface area contributed by atoms with Gasteiger partial charge < -0.3 is 4.90 Å². The number of allylic oxidation sites excluding steroid dienone is 1. The molecule has 0 rings (SSSR count). The molecule has 0 spiro atoms. The van der Waals surface area contributed by atoms with Crippen LogP contribution in [0, 0.1) is 0 Å². The molecule has 31 heavy (non-hydrogen) atoms.